The van der Waals surface area contributed by atoms with Crippen molar-refractivity contribution in [2.75, 3.05) is 20.2 Å². The van der Waals surface area contributed by atoms with Crippen LogP contribution in [0, 0.1) is 0 Å². The predicted molar refractivity (Wildman–Crippen MR) is 97.5 cm³/mol. The van der Waals surface area contributed by atoms with Gasteiger partial charge in [-0.1, -0.05) is 0 Å². The Hall–Kier alpha value is -1.97. The molecule has 26 heavy (non-hydrogen) atoms. The summed E-state index contributed by atoms with van der Waals surface area (Å²) in [7, 11) is -2.38. The van der Waals surface area contributed by atoms with Gasteiger partial charge in [0.25, 0.3) is 0 Å². The SMILES string of the molecule is COC(=O)c1ccc(S(=O)(=O)N2CC[C@H](Oc3ncccc3Br)C2)cc1. The molecule has 2 aromatic rings. The molecule has 9 heteroatoms. The molecule has 0 N–H and O–H groups in total. The number of benzene rings is 1. The van der Waals surface area contributed by atoms with E-state index in [4.69, 9.17) is 4.74 Å². The summed E-state index contributed by atoms with van der Waals surface area (Å²) in [6.45, 7) is 0.598. The minimum atomic E-state index is -3.65. The molecule has 0 radical (unpaired) electrons. The maximum Gasteiger partial charge on any atom is 0.337 e. The predicted octanol–water partition coefficient (Wildman–Crippen LogP) is 2.47. The minimum Gasteiger partial charge on any atom is -0.472 e. The molecule has 2 heterocycles. The highest BCUT2D eigenvalue weighted by atomic mass is 79.9. The van der Waals surface area contributed by atoms with Crippen LogP contribution in [0.25, 0.3) is 0 Å². The lowest BCUT2D eigenvalue weighted by Gasteiger charge is -2.17. The Morgan fingerprint density at radius 2 is 2.00 bits per heavy atom. The fraction of sp³-hybridized carbons (Fsp3) is 0.294. The summed E-state index contributed by atoms with van der Waals surface area (Å²) in [6, 6.07) is 9.28. The molecule has 0 bridgehead atoms. The third kappa shape index (κ3) is 3.89. The van der Waals surface area contributed by atoms with Crippen LogP contribution in [0.5, 0.6) is 5.88 Å². The van der Waals surface area contributed by atoms with Crippen molar-refractivity contribution in [3.05, 3.63) is 52.6 Å². The van der Waals surface area contributed by atoms with E-state index in [0.29, 0.717) is 24.4 Å². The highest BCUT2D eigenvalue weighted by Crippen LogP contribution is 2.27. The first-order valence-corrected chi connectivity index (χ1v) is 10.1. The van der Waals surface area contributed by atoms with Gasteiger partial charge in [0.05, 0.1) is 28.6 Å². The third-order valence-electron chi connectivity index (χ3n) is 4.02. The van der Waals surface area contributed by atoms with Crippen LogP contribution in [-0.2, 0) is 14.8 Å². The number of carbonyl (C=O) groups is 1. The van der Waals surface area contributed by atoms with Crippen molar-refractivity contribution in [2.24, 2.45) is 0 Å². The number of esters is 1. The van der Waals surface area contributed by atoms with E-state index in [-0.39, 0.29) is 17.5 Å². The summed E-state index contributed by atoms with van der Waals surface area (Å²) < 4.78 is 38.1. The van der Waals surface area contributed by atoms with Crippen molar-refractivity contribution < 1.29 is 22.7 Å². The number of aromatic nitrogens is 1. The highest BCUT2D eigenvalue weighted by molar-refractivity contribution is 9.10. The molecule has 0 spiro atoms. The van der Waals surface area contributed by atoms with E-state index in [1.807, 2.05) is 6.07 Å². The number of carbonyl (C=O) groups excluding carboxylic acids is 1. The monoisotopic (exact) mass is 440 g/mol. The Kier molecular flexibility index (Phi) is 5.59. The molecule has 1 saturated heterocycles. The van der Waals surface area contributed by atoms with Gasteiger partial charge in [0, 0.05) is 12.7 Å². The molecular formula is C17H17BrN2O5S. The van der Waals surface area contributed by atoms with Gasteiger partial charge >= 0.3 is 5.97 Å². The summed E-state index contributed by atoms with van der Waals surface area (Å²) in [5, 5.41) is 0. The second-order valence-electron chi connectivity index (χ2n) is 5.70. The van der Waals surface area contributed by atoms with Crippen molar-refractivity contribution in [1.82, 2.24) is 9.29 Å². The van der Waals surface area contributed by atoms with Crippen molar-refractivity contribution in [3.8, 4) is 5.88 Å². The van der Waals surface area contributed by atoms with E-state index in [1.165, 1.54) is 35.7 Å². The van der Waals surface area contributed by atoms with Crippen LogP contribution in [-0.4, -0.2) is 50.0 Å². The largest absolute Gasteiger partial charge is 0.472 e. The van der Waals surface area contributed by atoms with Crippen molar-refractivity contribution in [2.45, 2.75) is 17.4 Å². The third-order valence-corrected chi connectivity index (χ3v) is 6.51. The Balaban J connectivity index is 1.71. The van der Waals surface area contributed by atoms with Crippen LogP contribution in [0.3, 0.4) is 0 Å². The van der Waals surface area contributed by atoms with Crippen molar-refractivity contribution >= 4 is 31.9 Å². The summed E-state index contributed by atoms with van der Waals surface area (Å²) >= 11 is 3.36. The molecule has 1 aromatic heterocycles. The molecule has 1 atom stereocenters. The van der Waals surface area contributed by atoms with Gasteiger partial charge in [0.2, 0.25) is 15.9 Å². The van der Waals surface area contributed by atoms with Crippen LogP contribution in [0.1, 0.15) is 16.8 Å². The van der Waals surface area contributed by atoms with Crippen LogP contribution in [0.4, 0.5) is 0 Å². The number of rotatable bonds is 5. The first-order chi connectivity index (χ1) is 12.4. The van der Waals surface area contributed by atoms with Gasteiger partial charge < -0.3 is 9.47 Å². The van der Waals surface area contributed by atoms with Gasteiger partial charge in [-0.2, -0.15) is 4.31 Å². The summed E-state index contributed by atoms with van der Waals surface area (Å²) in [4.78, 5) is 15.7. The number of ether oxygens (including phenoxy) is 2. The molecule has 0 saturated carbocycles. The zero-order chi connectivity index (χ0) is 18.7. The van der Waals surface area contributed by atoms with Crippen LogP contribution in [0.2, 0.25) is 0 Å². The molecule has 1 fully saturated rings. The first kappa shape index (κ1) is 18.8. The molecule has 0 unspecified atom stereocenters. The van der Waals surface area contributed by atoms with E-state index < -0.39 is 16.0 Å². The van der Waals surface area contributed by atoms with Crippen molar-refractivity contribution in [1.29, 1.82) is 0 Å². The number of sulfonamides is 1. The first-order valence-electron chi connectivity index (χ1n) is 7.87. The second kappa shape index (κ2) is 7.73. The quantitative estimate of drug-likeness (QED) is 0.663. The van der Waals surface area contributed by atoms with E-state index >= 15 is 0 Å². The van der Waals surface area contributed by atoms with Crippen LogP contribution in [0.15, 0.2) is 52.0 Å². The molecule has 1 aliphatic heterocycles. The maximum atomic E-state index is 12.8. The van der Waals surface area contributed by atoms with E-state index in [9.17, 15) is 13.2 Å². The molecule has 0 amide bonds. The van der Waals surface area contributed by atoms with Gasteiger partial charge in [-0.05, 0) is 58.7 Å². The number of methoxy groups -OCH3 is 1. The lowest BCUT2D eigenvalue weighted by Crippen LogP contribution is -2.31. The highest BCUT2D eigenvalue weighted by Gasteiger charge is 2.34. The van der Waals surface area contributed by atoms with Gasteiger partial charge in [-0.3, -0.25) is 0 Å². The van der Waals surface area contributed by atoms with Gasteiger partial charge in [0.15, 0.2) is 0 Å². The van der Waals surface area contributed by atoms with Crippen LogP contribution < -0.4 is 4.74 Å². The molecule has 0 aliphatic carbocycles. The summed E-state index contributed by atoms with van der Waals surface area (Å²) in [5.41, 5.74) is 0.300. The number of hydrogen-bond donors (Lipinski definition) is 0. The zero-order valence-corrected chi connectivity index (χ0v) is 16.4. The lowest BCUT2D eigenvalue weighted by atomic mass is 10.2. The molecular weight excluding hydrogens is 424 g/mol. The average molecular weight is 441 g/mol. The fourth-order valence-corrected chi connectivity index (χ4v) is 4.49. The number of hydrogen-bond acceptors (Lipinski definition) is 6. The minimum absolute atomic E-state index is 0.129. The number of nitrogens with zero attached hydrogens (tertiary/aromatic N) is 2. The molecule has 3 rings (SSSR count). The lowest BCUT2D eigenvalue weighted by molar-refractivity contribution is 0.0600. The topological polar surface area (TPSA) is 85.8 Å². The molecule has 138 valence electrons. The second-order valence-corrected chi connectivity index (χ2v) is 8.49. The number of halogens is 1. The van der Waals surface area contributed by atoms with Crippen molar-refractivity contribution in [3.63, 3.8) is 0 Å². The average Bonchev–Trinajstić information content (AvgIpc) is 3.12. The Morgan fingerprint density at radius 3 is 2.65 bits per heavy atom. The van der Waals surface area contributed by atoms with Gasteiger partial charge in [0.1, 0.15) is 6.10 Å². The van der Waals surface area contributed by atoms with Gasteiger partial charge in [-0.15, -0.1) is 0 Å². The Morgan fingerprint density at radius 1 is 1.27 bits per heavy atom. The molecule has 1 aliphatic rings. The molecule has 1 aromatic carbocycles. The maximum absolute atomic E-state index is 12.8. The standard InChI is InChI=1S/C17H17BrN2O5S/c1-24-17(21)12-4-6-14(7-5-12)26(22,23)20-10-8-13(11-20)25-16-15(18)3-2-9-19-16/h2-7,9,13H,8,10-11H2,1H3/t13-/m0/s1. The van der Waals surface area contributed by atoms with Crippen LogP contribution >= 0.6 is 15.9 Å². The summed E-state index contributed by atoms with van der Waals surface area (Å²) in [5.74, 6) is -0.0660. The van der Waals surface area contributed by atoms with E-state index in [2.05, 4.69) is 25.7 Å². The van der Waals surface area contributed by atoms with E-state index in [1.54, 1.807) is 12.3 Å². The van der Waals surface area contributed by atoms with E-state index in [0.717, 1.165) is 4.47 Å². The number of pyridine rings is 1. The fourth-order valence-electron chi connectivity index (χ4n) is 2.66. The smallest absolute Gasteiger partial charge is 0.337 e. The normalized spacial score (nSPS) is 17.8. The Bertz CT molecular complexity index is 902. The Labute approximate surface area is 160 Å². The zero-order valence-electron chi connectivity index (χ0n) is 14.0. The van der Waals surface area contributed by atoms with Gasteiger partial charge in [-0.25, -0.2) is 18.2 Å². The summed E-state index contributed by atoms with van der Waals surface area (Å²) in [6.07, 6.45) is 1.92. The molecule has 7 nitrogen and oxygen atoms in total.